The van der Waals surface area contributed by atoms with Crippen LogP contribution in [0.3, 0.4) is 0 Å². The van der Waals surface area contributed by atoms with Crippen molar-refractivity contribution in [1.82, 2.24) is 15.1 Å². The van der Waals surface area contributed by atoms with Crippen LogP contribution in [0.1, 0.15) is 47.1 Å². The molecule has 0 aliphatic carbocycles. The van der Waals surface area contributed by atoms with Crippen molar-refractivity contribution < 1.29 is 27.9 Å². The van der Waals surface area contributed by atoms with E-state index >= 15 is 0 Å². The van der Waals surface area contributed by atoms with Crippen LogP contribution in [-0.2, 0) is 16.8 Å². The van der Waals surface area contributed by atoms with Crippen molar-refractivity contribution in [2.45, 2.75) is 38.0 Å². The van der Waals surface area contributed by atoms with E-state index in [0.717, 1.165) is 18.7 Å². The van der Waals surface area contributed by atoms with Crippen LogP contribution in [0.5, 0.6) is 0 Å². The standard InChI is InChI=1S/C17H16F3N3O3/c1-16(2,17(18,19)20)10-5-3-4-9(6-10)14(24)23-8-12-11(7-21-22-12)13(23)15(25)26/h3-7,13H,8H2,1-2H3,(H,21,22)(H,25,26). The fourth-order valence-electron chi connectivity index (χ4n) is 2.94. The van der Waals surface area contributed by atoms with Gasteiger partial charge in [0.15, 0.2) is 6.04 Å². The SMILES string of the molecule is CC(C)(c1cccc(C(=O)N2Cc3[nH]ncc3C2C(=O)O)c1)C(F)(F)F. The number of halogens is 3. The fraction of sp³-hybridized carbons (Fsp3) is 0.353. The normalized spacial score (nSPS) is 17.3. The second-order valence-corrected chi connectivity index (χ2v) is 6.68. The van der Waals surface area contributed by atoms with Crippen LogP contribution >= 0.6 is 0 Å². The molecular weight excluding hydrogens is 351 g/mol. The topological polar surface area (TPSA) is 86.3 Å². The number of hydrogen-bond donors (Lipinski definition) is 2. The van der Waals surface area contributed by atoms with Crippen LogP contribution in [-0.4, -0.2) is 38.3 Å². The first-order chi connectivity index (χ1) is 12.0. The van der Waals surface area contributed by atoms with Gasteiger partial charge in [0.25, 0.3) is 5.91 Å². The number of hydrogen-bond acceptors (Lipinski definition) is 3. The summed E-state index contributed by atoms with van der Waals surface area (Å²) in [6.07, 6.45) is -3.15. The summed E-state index contributed by atoms with van der Waals surface area (Å²) in [6, 6.07) is 3.98. The Labute approximate surface area is 146 Å². The molecule has 0 saturated carbocycles. The molecule has 1 aliphatic rings. The van der Waals surface area contributed by atoms with E-state index < -0.39 is 29.5 Å². The minimum atomic E-state index is -4.49. The van der Waals surface area contributed by atoms with Gasteiger partial charge >= 0.3 is 12.1 Å². The molecule has 2 N–H and O–H groups in total. The molecule has 1 amide bonds. The number of carbonyl (C=O) groups is 2. The Kier molecular flexibility index (Phi) is 4.05. The number of amides is 1. The molecule has 6 nitrogen and oxygen atoms in total. The molecular formula is C17H16F3N3O3. The Morgan fingerprint density at radius 1 is 1.31 bits per heavy atom. The Hall–Kier alpha value is -2.84. The molecule has 26 heavy (non-hydrogen) atoms. The molecule has 1 aliphatic heterocycles. The van der Waals surface area contributed by atoms with Crippen molar-refractivity contribution >= 4 is 11.9 Å². The van der Waals surface area contributed by atoms with Gasteiger partial charge in [0.05, 0.1) is 23.9 Å². The van der Waals surface area contributed by atoms with E-state index in [0.29, 0.717) is 11.3 Å². The lowest BCUT2D eigenvalue weighted by molar-refractivity contribution is -0.180. The predicted molar refractivity (Wildman–Crippen MR) is 84.4 cm³/mol. The number of H-pyrrole nitrogens is 1. The van der Waals surface area contributed by atoms with Gasteiger partial charge in [0, 0.05) is 11.1 Å². The molecule has 1 unspecified atom stereocenters. The zero-order valence-electron chi connectivity index (χ0n) is 14.0. The fourth-order valence-corrected chi connectivity index (χ4v) is 2.94. The number of carboxylic acid groups (broad SMARTS) is 1. The number of fused-ring (bicyclic) bond motifs is 1. The minimum Gasteiger partial charge on any atom is -0.479 e. The lowest BCUT2D eigenvalue weighted by atomic mass is 9.83. The molecule has 0 bridgehead atoms. The average Bonchev–Trinajstić information content (AvgIpc) is 3.13. The second kappa shape index (κ2) is 5.86. The quantitative estimate of drug-likeness (QED) is 0.873. The Balaban J connectivity index is 1.96. The van der Waals surface area contributed by atoms with Gasteiger partial charge in [-0.2, -0.15) is 18.3 Å². The summed E-state index contributed by atoms with van der Waals surface area (Å²) in [5.41, 5.74) is -1.34. The number of nitrogens with one attached hydrogen (secondary N) is 1. The molecule has 0 saturated heterocycles. The maximum Gasteiger partial charge on any atom is 0.397 e. The van der Waals surface area contributed by atoms with E-state index in [4.69, 9.17) is 0 Å². The summed E-state index contributed by atoms with van der Waals surface area (Å²) in [5, 5.41) is 15.9. The van der Waals surface area contributed by atoms with Crippen molar-refractivity contribution in [3.05, 3.63) is 52.8 Å². The number of nitrogens with zero attached hydrogens (tertiary/aromatic N) is 2. The highest BCUT2D eigenvalue weighted by Crippen LogP contribution is 2.41. The van der Waals surface area contributed by atoms with Crippen molar-refractivity contribution in [3.63, 3.8) is 0 Å². The third kappa shape index (κ3) is 2.73. The van der Waals surface area contributed by atoms with Crippen molar-refractivity contribution in [1.29, 1.82) is 0 Å². The van der Waals surface area contributed by atoms with Crippen LogP contribution in [0.4, 0.5) is 13.2 Å². The molecule has 9 heteroatoms. The Morgan fingerprint density at radius 3 is 2.62 bits per heavy atom. The number of carbonyl (C=O) groups excluding carboxylic acids is 1. The summed E-state index contributed by atoms with van der Waals surface area (Å²) in [5.74, 6) is -1.88. The predicted octanol–water partition coefficient (Wildman–Crippen LogP) is 3.03. The molecule has 3 rings (SSSR count). The van der Waals surface area contributed by atoms with Gasteiger partial charge in [-0.1, -0.05) is 12.1 Å². The zero-order valence-corrected chi connectivity index (χ0v) is 14.0. The molecule has 0 radical (unpaired) electrons. The number of aliphatic carboxylic acids is 1. The summed E-state index contributed by atoms with van der Waals surface area (Å²) in [6.45, 7) is 2.06. The van der Waals surface area contributed by atoms with Crippen molar-refractivity contribution in [2.75, 3.05) is 0 Å². The highest BCUT2D eigenvalue weighted by atomic mass is 19.4. The third-order valence-electron chi connectivity index (χ3n) is 4.72. The van der Waals surface area contributed by atoms with E-state index in [2.05, 4.69) is 10.2 Å². The third-order valence-corrected chi connectivity index (χ3v) is 4.72. The maximum absolute atomic E-state index is 13.3. The first kappa shape index (κ1) is 18.0. The van der Waals surface area contributed by atoms with Gasteiger partial charge < -0.3 is 10.0 Å². The van der Waals surface area contributed by atoms with Crippen molar-refractivity contribution in [2.24, 2.45) is 0 Å². The monoisotopic (exact) mass is 367 g/mol. The molecule has 138 valence electrons. The number of aromatic nitrogens is 2. The van der Waals surface area contributed by atoms with Gasteiger partial charge in [-0.05, 0) is 31.5 Å². The molecule has 1 atom stereocenters. The second-order valence-electron chi connectivity index (χ2n) is 6.68. The van der Waals surface area contributed by atoms with Gasteiger partial charge in [-0.3, -0.25) is 9.89 Å². The highest BCUT2D eigenvalue weighted by molar-refractivity contribution is 5.97. The van der Waals surface area contributed by atoms with E-state index in [1.807, 2.05) is 0 Å². The number of alkyl halides is 3. The van der Waals surface area contributed by atoms with Gasteiger partial charge in [-0.15, -0.1) is 0 Å². The smallest absolute Gasteiger partial charge is 0.397 e. The van der Waals surface area contributed by atoms with Gasteiger partial charge in [0.1, 0.15) is 0 Å². The highest BCUT2D eigenvalue weighted by Gasteiger charge is 2.48. The first-order valence-electron chi connectivity index (χ1n) is 7.77. The lowest BCUT2D eigenvalue weighted by Gasteiger charge is -2.29. The number of carboxylic acids is 1. The van der Waals surface area contributed by atoms with Crippen molar-refractivity contribution in [3.8, 4) is 0 Å². The maximum atomic E-state index is 13.3. The van der Waals surface area contributed by atoms with E-state index in [-0.39, 0.29) is 17.7 Å². The average molecular weight is 367 g/mol. The molecule has 0 spiro atoms. The minimum absolute atomic E-state index is 0.00196. The summed E-state index contributed by atoms with van der Waals surface area (Å²) in [7, 11) is 0. The summed E-state index contributed by atoms with van der Waals surface area (Å²) < 4.78 is 39.8. The molecule has 2 heterocycles. The summed E-state index contributed by atoms with van der Waals surface area (Å²) in [4.78, 5) is 25.5. The van der Waals surface area contributed by atoms with Crippen LogP contribution in [0, 0.1) is 0 Å². The van der Waals surface area contributed by atoms with Crippen LogP contribution in [0.2, 0.25) is 0 Å². The van der Waals surface area contributed by atoms with E-state index in [1.54, 1.807) is 0 Å². The largest absolute Gasteiger partial charge is 0.479 e. The molecule has 0 fully saturated rings. The summed E-state index contributed by atoms with van der Waals surface area (Å²) >= 11 is 0. The number of rotatable bonds is 3. The van der Waals surface area contributed by atoms with Gasteiger partial charge in [-0.25, -0.2) is 4.79 Å². The van der Waals surface area contributed by atoms with Crippen LogP contribution in [0.15, 0.2) is 30.5 Å². The molecule has 1 aromatic heterocycles. The van der Waals surface area contributed by atoms with Crippen LogP contribution in [0.25, 0.3) is 0 Å². The Bertz CT molecular complexity index is 873. The number of aromatic amines is 1. The van der Waals surface area contributed by atoms with E-state index in [1.165, 1.54) is 30.5 Å². The van der Waals surface area contributed by atoms with Crippen LogP contribution < -0.4 is 0 Å². The molecule has 2 aromatic rings. The number of benzene rings is 1. The van der Waals surface area contributed by atoms with E-state index in [9.17, 15) is 27.9 Å². The molecule has 1 aromatic carbocycles. The Morgan fingerprint density at radius 2 is 2.00 bits per heavy atom. The first-order valence-corrected chi connectivity index (χ1v) is 7.77. The van der Waals surface area contributed by atoms with Gasteiger partial charge in [0.2, 0.25) is 0 Å². The zero-order chi connectivity index (χ0) is 19.3. The lowest BCUT2D eigenvalue weighted by Crippen LogP contribution is -2.37.